The molecule has 0 aliphatic heterocycles. The van der Waals surface area contributed by atoms with Crippen LogP contribution in [-0.4, -0.2) is 0 Å². The molecule has 0 bridgehead atoms. The molecule has 0 aliphatic rings. The molecule has 0 heteroatoms. The number of rotatable bonds is 6. The van der Waals surface area contributed by atoms with Gasteiger partial charge < -0.3 is 0 Å². The minimum absolute atomic E-state index is 0.515. The van der Waals surface area contributed by atoms with Gasteiger partial charge in [-0.05, 0) is 40.9 Å². The maximum Gasteiger partial charge on any atom is -0.0153 e. The first kappa shape index (κ1) is 16.5. The summed E-state index contributed by atoms with van der Waals surface area (Å²) >= 11 is 0. The Bertz CT molecular complexity index is 670. The molecule has 2 atom stereocenters. The zero-order valence-corrected chi connectivity index (χ0v) is 14.6. The zero-order valence-electron chi connectivity index (χ0n) is 14.6. The highest BCUT2D eigenvalue weighted by Crippen LogP contribution is 2.37. The summed E-state index contributed by atoms with van der Waals surface area (Å²) in [6, 6.07) is 32.8. The van der Waals surface area contributed by atoms with Gasteiger partial charge in [0.1, 0.15) is 0 Å². The Morgan fingerprint density at radius 1 is 0.542 bits per heavy atom. The average molecular weight is 314 g/mol. The van der Waals surface area contributed by atoms with Gasteiger partial charge in [-0.2, -0.15) is 0 Å². The van der Waals surface area contributed by atoms with E-state index in [0.29, 0.717) is 17.8 Å². The monoisotopic (exact) mass is 314 g/mol. The van der Waals surface area contributed by atoms with E-state index in [0.717, 1.165) is 6.42 Å². The summed E-state index contributed by atoms with van der Waals surface area (Å²) in [6.45, 7) is 4.75. The van der Waals surface area contributed by atoms with E-state index in [1.54, 1.807) is 0 Å². The molecule has 0 fully saturated rings. The molecule has 0 spiro atoms. The van der Waals surface area contributed by atoms with Crippen molar-refractivity contribution in [1.29, 1.82) is 0 Å². The maximum absolute atomic E-state index is 2.38. The van der Waals surface area contributed by atoms with Gasteiger partial charge in [0, 0.05) is 0 Å². The van der Waals surface area contributed by atoms with E-state index in [4.69, 9.17) is 0 Å². The summed E-state index contributed by atoms with van der Waals surface area (Å²) in [5.74, 6) is 1.60. The van der Waals surface area contributed by atoms with Crippen LogP contribution >= 0.6 is 0 Å². The normalized spacial score (nSPS) is 14.8. The highest BCUT2D eigenvalue weighted by Gasteiger charge is 2.26. The van der Waals surface area contributed by atoms with Gasteiger partial charge in [0.15, 0.2) is 0 Å². The van der Waals surface area contributed by atoms with Gasteiger partial charge in [-0.15, -0.1) is 0 Å². The Balaban J connectivity index is 1.91. The first-order valence-corrected chi connectivity index (χ1v) is 8.89. The van der Waals surface area contributed by atoms with E-state index >= 15 is 0 Å². The van der Waals surface area contributed by atoms with Crippen LogP contribution in [0, 0.1) is 5.92 Å². The average Bonchev–Trinajstić information content (AvgIpc) is 2.67. The van der Waals surface area contributed by atoms with Gasteiger partial charge in [-0.3, -0.25) is 0 Å². The lowest BCUT2D eigenvalue weighted by atomic mass is 9.74. The summed E-state index contributed by atoms with van der Waals surface area (Å²) in [5.41, 5.74) is 4.29. The lowest BCUT2D eigenvalue weighted by Gasteiger charge is -2.31. The van der Waals surface area contributed by atoms with E-state index in [9.17, 15) is 0 Å². The Morgan fingerprint density at radius 3 is 1.33 bits per heavy atom. The van der Waals surface area contributed by atoms with Crippen molar-refractivity contribution in [3.63, 3.8) is 0 Å². The number of hydrogen-bond donors (Lipinski definition) is 0. The molecule has 0 radical (unpaired) electrons. The van der Waals surface area contributed by atoms with E-state index in [2.05, 4.69) is 105 Å². The van der Waals surface area contributed by atoms with E-state index < -0.39 is 0 Å². The predicted octanol–water partition coefficient (Wildman–Crippen LogP) is 6.45. The van der Waals surface area contributed by atoms with E-state index in [1.807, 2.05) is 0 Å². The van der Waals surface area contributed by atoms with Crippen LogP contribution in [0.2, 0.25) is 0 Å². The Hall–Kier alpha value is -2.34. The lowest BCUT2D eigenvalue weighted by molar-refractivity contribution is 0.379. The summed E-state index contributed by atoms with van der Waals surface area (Å²) in [7, 11) is 0. The van der Waals surface area contributed by atoms with Gasteiger partial charge in [0.25, 0.3) is 0 Å². The smallest absolute Gasteiger partial charge is 0.0153 e. The molecule has 2 unspecified atom stereocenters. The minimum atomic E-state index is 0.515. The summed E-state index contributed by atoms with van der Waals surface area (Å²) in [4.78, 5) is 0. The summed E-state index contributed by atoms with van der Waals surface area (Å²) in [6.07, 6.45) is 1.10. The molecule has 3 aromatic rings. The van der Waals surface area contributed by atoms with E-state index in [1.165, 1.54) is 16.7 Å². The van der Waals surface area contributed by atoms with Crippen LogP contribution < -0.4 is 0 Å². The molecule has 0 heterocycles. The third-order valence-corrected chi connectivity index (χ3v) is 5.25. The molecule has 0 saturated heterocycles. The number of hydrogen-bond acceptors (Lipinski definition) is 0. The largest absolute Gasteiger partial charge is 0.0622 e. The highest BCUT2D eigenvalue weighted by atomic mass is 14.3. The fraction of sp³-hybridized carbons (Fsp3) is 0.250. The molecule has 0 N–H and O–H groups in total. The molecule has 3 aromatic carbocycles. The molecular weight excluding hydrogens is 288 g/mol. The second kappa shape index (κ2) is 7.97. The fourth-order valence-corrected chi connectivity index (χ4v) is 3.68. The van der Waals surface area contributed by atoms with Crippen LogP contribution in [0.15, 0.2) is 91.0 Å². The maximum atomic E-state index is 2.38. The lowest BCUT2D eigenvalue weighted by Crippen LogP contribution is -2.20. The molecule has 122 valence electrons. The van der Waals surface area contributed by atoms with Crippen LogP contribution in [-0.2, 0) is 6.42 Å². The molecule has 0 amide bonds. The first-order valence-electron chi connectivity index (χ1n) is 8.89. The second-order valence-corrected chi connectivity index (χ2v) is 6.75. The van der Waals surface area contributed by atoms with Crippen molar-refractivity contribution in [2.45, 2.75) is 32.1 Å². The van der Waals surface area contributed by atoms with Gasteiger partial charge in [-0.25, -0.2) is 0 Å². The number of benzene rings is 3. The van der Waals surface area contributed by atoms with Gasteiger partial charge in [0.2, 0.25) is 0 Å². The Morgan fingerprint density at radius 2 is 0.917 bits per heavy atom. The van der Waals surface area contributed by atoms with Crippen molar-refractivity contribution in [3.05, 3.63) is 108 Å². The van der Waals surface area contributed by atoms with Crippen molar-refractivity contribution in [3.8, 4) is 0 Å². The Labute approximate surface area is 146 Å². The van der Waals surface area contributed by atoms with Crippen molar-refractivity contribution in [2.24, 2.45) is 5.92 Å². The molecule has 0 aliphatic carbocycles. The van der Waals surface area contributed by atoms with Crippen LogP contribution in [0.25, 0.3) is 0 Å². The van der Waals surface area contributed by atoms with Crippen molar-refractivity contribution in [2.75, 3.05) is 0 Å². The summed E-state index contributed by atoms with van der Waals surface area (Å²) in [5, 5.41) is 0. The van der Waals surface area contributed by atoms with Gasteiger partial charge in [-0.1, -0.05) is 105 Å². The van der Waals surface area contributed by atoms with Crippen LogP contribution in [0.3, 0.4) is 0 Å². The molecular formula is C24H26. The van der Waals surface area contributed by atoms with Crippen molar-refractivity contribution in [1.82, 2.24) is 0 Å². The SMILES string of the molecule is CC(c1ccccc1)C(Cc1ccccc1)C(C)c1ccccc1. The standard InChI is InChI=1S/C24H26/c1-19(22-14-8-4-9-15-22)24(18-21-12-6-3-7-13-21)20(2)23-16-10-5-11-17-23/h3-17,19-20,24H,18H2,1-2H3. The summed E-state index contributed by atoms with van der Waals surface area (Å²) < 4.78 is 0. The third kappa shape index (κ3) is 3.94. The minimum Gasteiger partial charge on any atom is -0.0622 e. The molecule has 0 saturated carbocycles. The van der Waals surface area contributed by atoms with Crippen molar-refractivity contribution >= 4 is 0 Å². The Kier molecular flexibility index (Phi) is 5.48. The molecule has 24 heavy (non-hydrogen) atoms. The fourth-order valence-electron chi connectivity index (χ4n) is 3.68. The van der Waals surface area contributed by atoms with Crippen LogP contribution in [0.4, 0.5) is 0 Å². The molecule has 3 rings (SSSR count). The first-order chi connectivity index (χ1) is 11.8. The third-order valence-electron chi connectivity index (χ3n) is 5.25. The topological polar surface area (TPSA) is 0 Å². The van der Waals surface area contributed by atoms with Crippen LogP contribution in [0.1, 0.15) is 42.4 Å². The predicted molar refractivity (Wildman–Crippen MR) is 103 cm³/mol. The highest BCUT2D eigenvalue weighted by molar-refractivity contribution is 5.26. The van der Waals surface area contributed by atoms with E-state index in [-0.39, 0.29) is 0 Å². The van der Waals surface area contributed by atoms with Crippen molar-refractivity contribution < 1.29 is 0 Å². The zero-order chi connectivity index (χ0) is 16.8. The van der Waals surface area contributed by atoms with Gasteiger partial charge in [0.05, 0.1) is 0 Å². The molecule has 0 aromatic heterocycles. The van der Waals surface area contributed by atoms with Gasteiger partial charge >= 0.3 is 0 Å². The quantitative estimate of drug-likeness (QED) is 0.490. The molecule has 0 nitrogen and oxygen atoms in total. The second-order valence-electron chi connectivity index (χ2n) is 6.75. The van der Waals surface area contributed by atoms with Crippen LogP contribution in [0.5, 0.6) is 0 Å².